The van der Waals surface area contributed by atoms with E-state index in [9.17, 15) is 9.59 Å². The third-order valence-electron chi connectivity index (χ3n) is 2.22. The molecule has 0 saturated carbocycles. The first-order chi connectivity index (χ1) is 9.11. The quantitative estimate of drug-likeness (QED) is 0.502. The van der Waals surface area contributed by atoms with E-state index in [1.54, 1.807) is 30.4 Å². The number of hydrogen-bond donors (Lipinski definition) is 1. The van der Waals surface area contributed by atoms with Crippen LogP contribution in [0.5, 0.6) is 0 Å². The summed E-state index contributed by atoms with van der Waals surface area (Å²) in [6.45, 7) is 3.50. The number of carbonyl (C=O) groups is 2. The van der Waals surface area contributed by atoms with Crippen LogP contribution in [0.15, 0.2) is 48.6 Å². The summed E-state index contributed by atoms with van der Waals surface area (Å²) in [4.78, 5) is 22.7. The van der Waals surface area contributed by atoms with Gasteiger partial charge in [-0.1, -0.05) is 35.9 Å². The second-order valence-corrected chi connectivity index (χ2v) is 3.91. The van der Waals surface area contributed by atoms with Crippen molar-refractivity contribution in [3.05, 3.63) is 54.1 Å². The van der Waals surface area contributed by atoms with Crippen molar-refractivity contribution < 1.29 is 14.3 Å². The van der Waals surface area contributed by atoms with Gasteiger partial charge in [-0.2, -0.15) is 0 Å². The highest BCUT2D eigenvalue weighted by molar-refractivity contribution is 5.93. The lowest BCUT2D eigenvalue weighted by Crippen LogP contribution is -2.20. The third-order valence-corrected chi connectivity index (χ3v) is 2.22. The Morgan fingerprint density at radius 1 is 1.21 bits per heavy atom. The summed E-state index contributed by atoms with van der Waals surface area (Å²) in [5, 5.41) is 2.64. The van der Waals surface area contributed by atoms with Gasteiger partial charge in [0.05, 0.1) is 0 Å². The van der Waals surface area contributed by atoms with Crippen LogP contribution < -0.4 is 5.32 Å². The van der Waals surface area contributed by atoms with Crippen LogP contribution in [-0.4, -0.2) is 18.5 Å². The third kappa shape index (κ3) is 6.21. The molecule has 0 bridgehead atoms. The molecule has 0 aliphatic rings. The number of esters is 1. The molecule has 0 heterocycles. The Kier molecular flexibility index (Phi) is 6.09. The fourth-order valence-corrected chi connectivity index (χ4v) is 1.26. The fourth-order valence-electron chi connectivity index (χ4n) is 1.26. The van der Waals surface area contributed by atoms with Crippen molar-refractivity contribution in [3.63, 3.8) is 0 Å². The van der Waals surface area contributed by atoms with Gasteiger partial charge in [-0.15, -0.1) is 0 Å². The summed E-state index contributed by atoms with van der Waals surface area (Å²) < 4.78 is 4.77. The van der Waals surface area contributed by atoms with Gasteiger partial charge in [0.2, 0.25) is 0 Å². The van der Waals surface area contributed by atoms with Crippen molar-refractivity contribution in [1.82, 2.24) is 0 Å². The van der Waals surface area contributed by atoms with Crippen molar-refractivity contribution in [3.8, 4) is 0 Å². The molecule has 0 radical (unpaired) electrons. The molecule has 1 aromatic rings. The number of nitrogens with one attached hydrogen (secondary N) is 1. The van der Waals surface area contributed by atoms with E-state index in [4.69, 9.17) is 4.74 Å². The Bertz CT molecular complexity index is 487. The van der Waals surface area contributed by atoms with Crippen LogP contribution in [0.2, 0.25) is 0 Å². The first-order valence-electron chi connectivity index (χ1n) is 5.94. The Labute approximate surface area is 112 Å². The monoisotopic (exact) mass is 259 g/mol. The number of anilines is 1. The molecule has 0 unspecified atom stereocenters. The van der Waals surface area contributed by atoms with E-state index in [0.717, 1.165) is 5.56 Å². The first-order valence-corrected chi connectivity index (χ1v) is 5.94. The Morgan fingerprint density at radius 2 is 1.89 bits per heavy atom. The van der Waals surface area contributed by atoms with Gasteiger partial charge in [0.1, 0.15) is 0 Å². The summed E-state index contributed by atoms with van der Waals surface area (Å²) >= 11 is 0. The lowest BCUT2D eigenvalue weighted by Gasteiger charge is -2.05. The number of carbonyl (C=O) groups excluding carboxylic acids is 2. The second-order valence-electron chi connectivity index (χ2n) is 3.91. The summed E-state index contributed by atoms with van der Waals surface area (Å²) in [5.74, 6) is -0.909. The SMILES string of the molecule is CC=CC=CC(=O)OCC(=O)Nc1ccc(C)cc1. The molecular weight excluding hydrogens is 242 g/mol. The Balaban J connectivity index is 2.35. The van der Waals surface area contributed by atoms with E-state index in [1.165, 1.54) is 6.08 Å². The lowest BCUT2D eigenvalue weighted by molar-refractivity contribution is -0.142. The van der Waals surface area contributed by atoms with Crippen molar-refractivity contribution in [2.45, 2.75) is 13.8 Å². The maximum Gasteiger partial charge on any atom is 0.331 e. The zero-order chi connectivity index (χ0) is 14.1. The van der Waals surface area contributed by atoms with Crippen molar-refractivity contribution in [2.24, 2.45) is 0 Å². The average Bonchev–Trinajstić information content (AvgIpc) is 2.39. The van der Waals surface area contributed by atoms with Crippen LogP contribution in [0.4, 0.5) is 5.69 Å². The molecule has 0 fully saturated rings. The lowest BCUT2D eigenvalue weighted by atomic mass is 10.2. The number of allylic oxidation sites excluding steroid dienone is 3. The van der Waals surface area contributed by atoms with Gasteiger partial charge >= 0.3 is 5.97 Å². The molecule has 0 aliphatic carbocycles. The normalized spacial score (nSPS) is 10.8. The number of ether oxygens (including phenoxy) is 1. The van der Waals surface area contributed by atoms with Crippen LogP contribution in [0.3, 0.4) is 0 Å². The molecule has 0 aromatic heterocycles. The highest BCUT2D eigenvalue weighted by Crippen LogP contribution is 2.08. The second kappa shape index (κ2) is 7.87. The zero-order valence-corrected chi connectivity index (χ0v) is 11.1. The van der Waals surface area contributed by atoms with E-state index >= 15 is 0 Å². The van der Waals surface area contributed by atoms with E-state index in [0.29, 0.717) is 5.69 Å². The molecule has 0 spiro atoms. The zero-order valence-electron chi connectivity index (χ0n) is 11.1. The van der Waals surface area contributed by atoms with E-state index in [-0.39, 0.29) is 12.5 Å². The van der Waals surface area contributed by atoms with Crippen LogP contribution >= 0.6 is 0 Å². The highest BCUT2D eigenvalue weighted by atomic mass is 16.5. The van der Waals surface area contributed by atoms with Gasteiger partial charge in [-0.05, 0) is 26.0 Å². The summed E-state index contributed by atoms with van der Waals surface area (Å²) in [5.41, 5.74) is 1.79. The minimum atomic E-state index is -0.544. The number of amides is 1. The predicted octanol–water partition coefficient (Wildman–Crippen LogP) is 2.61. The van der Waals surface area contributed by atoms with Crippen LogP contribution in [0, 0.1) is 6.92 Å². The van der Waals surface area contributed by atoms with Gasteiger partial charge in [0.25, 0.3) is 5.91 Å². The average molecular weight is 259 g/mol. The molecule has 4 heteroatoms. The van der Waals surface area contributed by atoms with Gasteiger partial charge in [0.15, 0.2) is 6.61 Å². The van der Waals surface area contributed by atoms with Crippen molar-refractivity contribution >= 4 is 17.6 Å². The number of aryl methyl sites for hydroxylation is 1. The molecular formula is C15H17NO3. The molecule has 1 amide bonds. The van der Waals surface area contributed by atoms with Crippen LogP contribution in [0.25, 0.3) is 0 Å². The van der Waals surface area contributed by atoms with Gasteiger partial charge in [-0.3, -0.25) is 4.79 Å². The topological polar surface area (TPSA) is 55.4 Å². The fraction of sp³-hybridized carbons (Fsp3) is 0.200. The largest absolute Gasteiger partial charge is 0.452 e. The van der Waals surface area contributed by atoms with Crippen molar-refractivity contribution in [2.75, 3.05) is 11.9 Å². The van der Waals surface area contributed by atoms with Gasteiger partial charge < -0.3 is 10.1 Å². The molecule has 1 rings (SSSR count). The molecule has 0 atom stereocenters. The smallest absolute Gasteiger partial charge is 0.331 e. The summed E-state index contributed by atoms with van der Waals surface area (Å²) in [6.07, 6.45) is 6.31. The maximum atomic E-state index is 11.5. The molecule has 1 N–H and O–H groups in total. The minimum Gasteiger partial charge on any atom is -0.452 e. The molecule has 1 aromatic carbocycles. The highest BCUT2D eigenvalue weighted by Gasteiger charge is 2.05. The van der Waals surface area contributed by atoms with Gasteiger partial charge in [0, 0.05) is 11.8 Å². The number of benzene rings is 1. The molecule has 4 nitrogen and oxygen atoms in total. The Hall–Kier alpha value is -2.36. The Morgan fingerprint density at radius 3 is 2.53 bits per heavy atom. The number of rotatable bonds is 5. The van der Waals surface area contributed by atoms with Gasteiger partial charge in [-0.25, -0.2) is 4.79 Å². The predicted molar refractivity (Wildman–Crippen MR) is 74.7 cm³/mol. The standard InChI is InChI=1S/C15H17NO3/c1-3-4-5-6-15(18)19-11-14(17)16-13-9-7-12(2)8-10-13/h3-10H,11H2,1-2H3,(H,16,17). The molecule has 0 saturated heterocycles. The molecule has 100 valence electrons. The molecule has 0 aliphatic heterocycles. The molecule has 19 heavy (non-hydrogen) atoms. The van der Waals surface area contributed by atoms with Crippen molar-refractivity contribution in [1.29, 1.82) is 0 Å². The summed E-state index contributed by atoms with van der Waals surface area (Å²) in [6, 6.07) is 7.37. The van der Waals surface area contributed by atoms with E-state index in [2.05, 4.69) is 5.32 Å². The first kappa shape index (κ1) is 14.7. The van der Waals surface area contributed by atoms with Crippen LogP contribution in [0.1, 0.15) is 12.5 Å². The van der Waals surface area contributed by atoms with E-state index in [1.807, 2.05) is 26.0 Å². The van der Waals surface area contributed by atoms with E-state index < -0.39 is 5.97 Å². The summed E-state index contributed by atoms with van der Waals surface area (Å²) in [7, 11) is 0. The minimum absolute atomic E-state index is 0.299. The number of hydrogen-bond acceptors (Lipinski definition) is 3. The maximum absolute atomic E-state index is 11.5. The van der Waals surface area contributed by atoms with Crippen LogP contribution in [-0.2, 0) is 14.3 Å².